The molecule has 2 aromatic heterocycles. The minimum atomic E-state index is -0.246. The number of nitrogens with one attached hydrogen (secondary N) is 1. The van der Waals surface area contributed by atoms with Gasteiger partial charge in [0, 0.05) is 29.0 Å². The average Bonchev–Trinajstić information content (AvgIpc) is 2.90. The average molecular weight is 320 g/mol. The van der Waals surface area contributed by atoms with Gasteiger partial charge in [-0.05, 0) is 29.8 Å². The Hall–Kier alpha value is -2.04. The van der Waals surface area contributed by atoms with Crippen molar-refractivity contribution in [3.63, 3.8) is 0 Å². The van der Waals surface area contributed by atoms with Crippen LogP contribution >= 0.6 is 23.2 Å². The molecule has 0 aliphatic carbocycles. The maximum Gasteiger partial charge on any atom is 0.271 e. The number of pyridine rings is 1. The molecule has 21 heavy (non-hydrogen) atoms. The van der Waals surface area contributed by atoms with E-state index in [4.69, 9.17) is 23.2 Å². The van der Waals surface area contributed by atoms with Crippen molar-refractivity contribution < 1.29 is 4.79 Å². The lowest BCUT2D eigenvalue weighted by Gasteiger charge is -2.05. The topological polar surface area (TPSA) is 46.4 Å². The van der Waals surface area contributed by atoms with Gasteiger partial charge in [-0.1, -0.05) is 35.3 Å². The van der Waals surface area contributed by atoms with Gasteiger partial charge in [0.25, 0.3) is 5.91 Å². The number of halogens is 2. The van der Waals surface area contributed by atoms with Gasteiger partial charge in [-0.3, -0.25) is 4.79 Å². The zero-order chi connectivity index (χ0) is 14.8. The van der Waals surface area contributed by atoms with Crippen molar-refractivity contribution in [2.45, 2.75) is 6.54 Å². The molecule has 0 bridgehead atoms. The van der Waals surface area contributed by atoms with E-state index in [0.29, 0.717) is 22.3 Å². The Bertz CT molecular complexity index is 781. The molecular formula is C15H11Cl2N3O. The van der Waals surface area contributed by atoms with Crippen LogP contribution in [0, 0.1) is 0 Å². The minimum absolute atomic E-state index is 0.246. The van der Waals surface area contributed by atoms with E-state index in [1.54, 1.807) is 28.8 Å². The van der Waals surface area contributed by atoms with Crippen LogP contribution in [-0.4, -0.2) is 15.3 Å². The number of hydrogen-bond donors (Lipinski definition) is 1. The molecule has 1 amide bonds. The Balaban J connectivity index is 1.74. The molecule has 3 aromatic rings. The number of carbonyl (C=O) groups is 1. The molecule has 0 atom stereocenters. The van der Waals surface area contributed by atoms with Gasteiger partial charge in [0.15, 0.2) is 0 Å². The molecular weight excluding hydrogens is 309 g/mol. The minimum Gasteiger partial charge on any atom is -0.347 e. The second kappa shape index (κ2) is 5.76. The molecule has 1 aromatic carbocycles. The molecule has 0 unspecified atom stereocenters. The number of rotatable bonds is 3. The van der Waals surface area contributed by atoms with E-state index in [1.807, 2.05) is 24.4 Å². The molecule has 0 saturated heterocycles. The van der Waals surface area contributed by atoms with E-state index in [1.165, 1.54) is 0 Å². The molecule has 3 rings (SSSR count). The van der Waals surface area contributed by atoms with Crippen LogP contribution in [0.1, 0.15) is 16.1 Å². The van der Waals surface area contributed by atoms with Crippen LogP contribution in [0.3, 0.4) is 0 Å². The maximum absolute atomic E-state index is 12.1. The Morgan fingerprint density at radius 1 is 1.24 bits per heavy atom. The Labute approximate surface area is 131 Å². The van der Waals surface area contributed by atoms with Gasteiger partial charge in [0.2, 0.25) is 0 Å². The van der Waals surface area contributed by atoms with Crippen molar-refractivity contribution in [3.05, 3.63) is 70.1 Å². The van der Waals surface area contributed by atoms with E-state index in [2.05, 4.69) is 10.3 Å². The van der Waals surface area contributed by atoms with Crippen molar-refractivity contribution >= 4 is 34.8 Å². The van der Waals surface area contributed by atoms with Crippen molar-refractivity contribution in [3.8, 4) is 0 Å². The molecule has 1 N–H and O–H groups in total. The molecule has 6 heteroatoms. The Morgan fingerprint density at radius 2 is 2.10 bits per heavy atom. The quantitative estimate of drug-likeness (QED) is 0.802. The summed E-state index contributed by atoms with van der Waals surface area (Å²) in [4.78, 5) is 16.4. The largest absolute Gasteiger partial charge is 0.347 e. The monoisotopic (exact) mass is 319 g/mol. The van der Waals surface area contributed by atoms with Gasteiger partial charge in [-0.25, -0.2) is 4.98 Å². The van der Waals surface area contributed by atoms with Crippen LogP contribution in [-0.2, 0) is 6.54 Å². The molecule has 0 radical (unpaired) electrons. The van der Waals surface area contributed by atoms with Gasteiger partial charge < -0.3 is 9.72 Å². The summed E-state index contributed by atoms with van der Waals surface area (Å²) in [6, 6.07) is 10.8. The van der Waals surface area contributed by atoms with Crippen molar-refractivity contribution in [1.82, 2.24) is 14.7 Å². The fraction of sp³-hybridized carbons (Fsp3) is 0.0667. The lowest BCUT2D eigenvalue weighted by molar-refractivity contribution is 0.0946. The molecule has 0 saturated carbocycles. The van der Waals surface area contributed by atoms with Gasteiger partial charge in [0.1, 0.15) is 11.3 Å². The smallest absolute Gasteiger partial charge is 0.271 e. The SMILES string of the molecule is O=C(NCc1ccc(Cl)cc1Cl)c1cn2ccccc2n1. The fourth-order valence-corrected chi connectivity index (χ4v) is 2.45. The summed E-state index contributed by atoms with van der Waals surface area (Å²) in [5, 5.41) is 3.89. The standard InChI is InChI=1S/C15H11Cl2N3O/c16-11-5-4-10(12(17)7-11)8-18-15(21)13-9-20-6-2-1-3-14(20)19-13/h1-7,9H,8H2,(H,18,21). The first kappa shape index (κ1) is 13.9. The molecule has 2 heterocycles. The summed E-state index contributed by atoms with van der Waals surface area (Å²) in [5.74, 6) is -0.246. The molecule has 0 aliphatic heterocycles. The molecule has 106 valence electrons. The lowest BCUT2D eigenvalue weighted by Crippen LogP contribution is -2.23. The number of aromatic nitrogens is 2. The van der Waals surface area contributed by atoms with E-state index in [-0.39, 0.29) is 5.91 Å². The van der Waals surface area contributed by atoms with Gasteiger partial charge in [-0.2, -0.15) is 0 Å². The molecule has 0 fully saturated rings. The second-order valence-electron chi connectivity index (χ2n) is 4.51. The predicted molar refractivity (Wildman–Crippen MR) is 82.8 cm³/mol. The van der Waals surface area contributed by atoms with E-state index >= 15 is 0 Å². The van der Waals surface area contributed by atoms with Crippen LogP contribution in [0.2, 0.25) is 10.0 Å². The van der Waals surface area contributed by atoms with Gasteiger partial charge in [0.05, 0.1) is 0 Å². The van der Waals surface area contributed by atoms with Crippen molar-refractivity contribution in [2.75, 3.05) is 0 Å². The third-order valence-corrected chi connectivity index (χ3v) is 3.64. The highest BCUT2D eigenvalue weighted by atomic mass is 35.5. The van der Waals surface area contributed by atoms with Crippen LogP contribution in [0.4, 0.5) is 0 Å². The normalized spacial score (nSPS) is 10.8. The van der Waals surface area contributed by atoms with Gasteiger partial charge in [-0.15, -0.1) is 0 Å². The Morgan fingerprint density at radius 3 is 2.86 bits per heavy atom. The zero-order valence-electron chi connectivity index (χ0n) is 10.9. The number of amides is 1. The first-order chi connectivity index (χ1) is 10.1. The summed E-state index contributed by atoms with van der Waals surface area (Å²) >= 11 is 11.9. The maximum atomic E-state index is 12.1. The van der Waals surface area contributed by atoms with Crippen LogP contribution < -0.4 is 5.32 Å². The van der Waals surface area contributed by atoms with Crippen LogP contribution in [0.25, 0.3) is 5.65 Å². The highest BCUT2D eigenvalue weighted by Gasteiger charge is 2.11. The third-order valence-electron chi connectivity index (χ3n) is 3.05. The summed E-state index contributed by atoms with van der Waals surface area (Å²) in [6.07, 6.45) is 3.53. The summed E-state index contributed by atoms with van der Waals surface area (Å²) in [5.41, 5.74) is 1.90. The van der Waals surface area contributed by atoms with E-state index in [0.717, 1.165) is 11.2 Å². The number of benzene rings is 1. The number of hydrogen-bond acceptors (Lipinski definition) is 2. The highest BCUT2D eigenvalue weighted by molar-refractivity contribution is 6.35. The third kappa shape index (κ3) is 3.01. The second-order valence-corrected chi connectivity index (χ2v) is 5.35. The molecule has 4 nitrogen and oxygen atoms in total. The number of nitrogens with zero attached hydrogens (tertiary/aromatic N) is 2. The summed E-state index contributed by atoms with van der Waals surface area (Å²) < 4.78 is 1.80. The first-order valence-electron chi connectivity index (χ1n) is 6.29. The van der Waals surface area contributed by atoms with Crippen molar-refractivity contribution in [2.24, 2.45) is 0 Å². The molecule has 0 spiro atoms. The Kier molecular flexibility index (Phi) is 3.82. The van der Waals surface area contributed by atoms with Crippen LogP contribution in [0.15, 0.2) is 48.8 Å². The van der Waals surface area contributed by atoms with E-state index in [9.17, 15) is 4.79 Å². The number of fused-ring (bicyclic) bond motifs is 1. The van der Waals surface area contributed by atoms with Crippen molar-refractivity contribution in [1.29, 1.82) is 0 Å². The fourth-order valence-electron chi connectivity index (χ4n) is 1.98. The van der Waals surface area contributed by atoms with Gasteiger partial charge >= 0.3 is 0 Å². The zero-order valence-corrected chi connectivity index (χ0v) is 12.4. The number of carbonyl (C=O) groups excluding carboxylic acids is 1. The highest BCUT2D eigenvalue weighted by Crippen LogP contribution is 2.20. The predicted octanol–water partition coefficient (Wildman–Crippen LogP) is 3.57. The van der Waals surface area contributed by atoms with Crippen LogP contribution in [0.5, 0.6) is 0 Å². The van der Waals surface area contributed by atoms with E-state index < -0.39 is 0 Å². The first-order valence-corrected chi connectivity index (χ1v) is 7.05. The summed E-state index contributed by atoms with van der Waals surface area (Å²) in [7, 11) is 0. The summed E-state index contributed by atoms with van der Waals surface area (Å²) in [6.45, 7) is 0.322. The number of imidazole rings is 1. The molecule has 0 aliphatic rings. The lowest BCUT2D eigenvalue weighted by atomic mass is 10.2.